The van der Waals surface area contributed by atoms with E-state index in [0.717, 1.165) is 37.3 Å². The first-order chi connectivity index (χ1) is 14.4. The highest BCUT2D eigenvalue weighted by atomic mass is 35.5. The Balaban J connectivity index is 1.50. The molecule has 2 N–H and O–H groups in total. The molecule has 160 valence electrons. The van der Waals surface area contributed by atoms with Crippen LogP contribution in [0.2, 0.25) is 5.02 Å². The summed E-state index contributed by atoms with van der Waals surface area (Å²) < 4.78 is 0. The van der Waals surface area contributed by atoms with Gasteiger partial charge < -0.3 is 15.5 Å². The average Bonchev–Trinajstić information content (AvgIpc) is 3.15. The van der Waals surface area contributed by atoms with Gasteiger partial charge in [-0.05, 0) is 56.3 Å². The van der Waals surface area contributed by atoms with Crippen LogP contribution in [-0.2, 0) is 16.6 Å². The Morgan fingerprint density at radius 3 is 2.57 bits per heavy atom. The summed E-state index contributed by atoms with van der Waals surface area (Å²) in [5.41, 5.74) is 8.69. The minimum Gasteiger partial charge on any atom is -0.353 e. The van der Waals surface area contributed by atoms with Crippen molar-refractivity contribution in [3.8, 4) is 0 Å². The fourth-order valence-corrected chi connectivity index (χ4v) is 4.95. The summed E-state index contributed by atoms with van der Waals surface area (Å²) in [6, 6.07) is 7.57. The highest BCUT2D eigenvalue weighted by Crippen LogP contribution is 2.37. The number of piperazine rings is 1. The first-order valence-corrected chi connectivity index (χ1v) is 11.2. The van der Waals surface area contributed by atoms with Crippen molar-refractivity contribution in [1.82, 2.24) is 14.9 Å². The van der Waals surface area contributed by atoms with Crippen molar-refractivity contribution in [3.63, 3.8) is 0 Å². The van der Waals surface area contributed by atoms with Gasteiger partial charge in [-0.3, -0.25) is 4.79 Å². The lowest BCUT2D eigenvalue weighted by Crippen LogP contribution is -2.54. The zero-order chi connectivity index (χ0) is 21.3. The van der Waals surface area contributed by atoms with Gasteiger partial charge in [0.05, 0.1) is 5.41 Å². The molecular weight excluding hydrogens is 398 g/mol. The van der Waals surface area contributed by atoms with Gasteiger partial charge >= 0.3 is 0 Å². The molecule has 30 heavy (non-hydrogen) atoms. The van der Waals surface area contributed by atoms with Crippen LogP contribution in [-0.4, -0.2) is 53.5 Å². The number of hydrogen-bond donors (Lipinski definition) is 1. The van der Waals surface area contributed by atoms with Crippen LogP contribution in [0.4, 0.5) is 5.82 Å². The van der Waals surface area contributed by atoms with Crippen LogP contribution in [0.15, 0.2) is 30.6 Å². The number of halogens is 1. The molecule has 1 aromatic heterocycles. The molecule has 0 bridgehead atoms. The van der Waals surface area contributed by atoms with Gasteiger partial charge in [0.2, 0.25) is 5.91 Å². The third kappa shape index (κ3) is 3.79. The molecule has 4 rings (SSSR count). The molecule has 0 saturated carbocycles. The van der Waals surface area contributed by atoms with E-state index in [9.17, 15) is 4.79 Å². The molecule has 1 aromatic carbocycles. The lowest BCUT2D eigenvalue weighted by atomic mass is 9.78. The number of nitrogens with zero attached hydrogens (tertiary/aromatic N) is 4. The smallest absolute Gasteiger partial charge is 0.233 e. The van der Waals surface area contributed by atoms with Gasteiger partial charge in [0.25, 0.3) is 0 Å². The average molecular weight is 428 g/mol. The molecule has 1 aliphatic heterocycles. The molecular formula is C23H30ClN5O. The maximum atomic E-state index is 13.6. The van der Waals surface area contributed by atoms with E-state index in [4.69, 9.17) is 17.3 Å². The predicted octanol–water partition coefficient (Wildman–Crippen LogP) is 3.14. The Hall–Kier alpha value is -2.18. The number of nitrogens with two attached hydrogens (primary N) is 1. The Bertz CT molecular complexity index is 910. The van der Waals surface area contributed by atoms with E-state index in [2.05, 4.69) is 21.8 Å². The Morgan fingerprint density at radius 1 is 1.20 bits per heavy atom. The van der Waals surface area contributed by atoms with E-state index in [1.807, 2.05) is 36.1 Å². The second-order valence-electron chi connectivity index (χ2n) is 8.65. The molecule has 1 aliphatic carbocycles. The van der Waals surface area contributed by atoms with E-state index in [0.29, 0.717) is 37.0 Å². The van der Waals surface area contributed by atoms with E-state index >= 15 is 0 Å². The van der Waals surface area contributed by atoms with Crippen molar-refractivity contribution in [2.45, 2.75) is 44.4 Å². The van der Waals surface area contributed by atoms with Crippen LogP contribution >= 0.6 is 11.6 Å². The zero-order valence-electron chi connectivity index (χ0n) is 17.8. The second kappa shape index (κ2) is 8.52. The summed E-state index contributed by atoms with van der Waals surface area (Å²) in [7, 11) is 0. The van der Waals surface area contributed by atoms with Gasteiger partial charge in [-0.1, -0.05) is 30.7 Å². The summed E-state index contributed by atoms with van der Waals surface area (Å²) in [6.07, 6.45) is 4.45. The van der Waals surface area contributed by atoms with Gasteiger partial charge in [-0.2, -0.15) is 0 Å². The van der Waals surface area contributed by atoms with E-state index in [-0.39, 0.29) is 5.91 Å². The first kappa shape index (κ1) is 21.1. The molecule has 0 spiro atoms. The number of aryl methyl sites for hydroxylation is 1. The SMILES string of the molecule is C[C@@H]1CCc2ncnc(N3CCN(C(=O)C(C)(CCN)c4ccc(Cl)cc4)CC3)c21. The fourth-order valence-electron chi connectivity index (χ4n) is 4.83. The molecule has 2 atom stereocenters. The molecule has 2 aliphatic rings. The van der Waals surface area contributed by atoms with Gasteiger partial charge in [-0.15, -0.1) is 0 Å². The van der Waals surface area contributed by atoms with Crippen molar-refractivity contribution in [2.24, 2.45) is 5.73 Å². The van der Waals surface area contributed by atoms with Crippen molar-refractivity contribution in [1.29, 1.82) is 0 Å². The van der Waals surface area contributed by atoms with Crippen molar-refractivity contribution in [3.05, 3.63) is 52.4 Å². The molecule has 1 amide bonds. The monoisotopic (exact) mass is 427 g/mol. The van der Waals surface area contributed by atoms with Crippen LogP contribution in [0, 0.1) is 0 Å². The Labute approximate surface area is 183 Å². The quantitative estimate of drug-likeness (QED) is 0.793. The molecule has 7 heteroatoms. The largest absolute Gasteiger partial charge is 0.353 e. The molecule has 2 heterocycles. The number of fused-ring (bicyclic) bond motifs is 1. The summed E-state index contributed by atoms with van der Waals surface area (Å²) >= 11 is 6.06. The fraction of sp³-hybridized carbons (Fsp3) is 0.522. The molecule has 0 radical (unpaired) electrons. The number of benzene rings is 1. The Kier molecular flexibility index (Phi) is 5.98. The highest BCUT2D eigenvalue weighted by Gasteiger charge is 2.39. The Morgan fingerprint density at radius 2 is 1.90 bits per heavy atom. The normalized spacial score (nSPS) is 20.7. The van der Waals surface area contributed by atoms with E-state index in [1.165, 1.54) is 11.3 Å². The summed E-state index contributed by atoms with van der Waals surface area (Å²) in [5.74, 6) is 1.68. The number of rotatable bonds is 5. The predicted molar refractivity (Wildman–Crippen MR) is 120 cm³/mol. The molecule has 1 unspecified atom stereocenters. The number of carbonyl (C=O) groups is 1. The molecule has 1 saturated heterocycles. The third-order valence-electron chi connectivity index (χ3n) is 6.72. The number of amides is 1. The number of anilines is 1. The van der Waals surface area contributed by atoms with Gasteiger partial charge in [-0.25, -0.2) is 9.97 Å². The number of aromatic nitrogens is 2. The topological polar surface area (TPSA) is 75.4 Å². The van der Waals surface area contributed by atoms with Crippen molar-refractivity contribution < 1.29 is 4.79 Å². The molecule has 1 fully saturated rings. The van der Waals surface area contributed by atoms with Crippen LogP contribution in [0.5, 0.6) is 0 Å². The van der Waals surface area contributed by atoms with Crippen LogP contribution < -0.4 is 10.6 Å². The van der Waals surface area contributed by atoms with Crippen molar-refractivity contribution >= 4 is 23.3 Å². The lowest BCUT2D eigenvalue weighted by Gasteiger charge is -2.41. The second-order valence-corrected chi connectivity index (χ2v) is 9.09. The minimum atomic E-state index is -0.647. The van der Waals surface area contributed by atoms with Gasteiger partial charge in [0.15, 0.2) is 0 Å². The minimum absolute atomic E-state index is 0.135. The highest BCUT2D eigenvalue weighted by molar-refractivity contribution is 6.30. The number of hydrogen-bond acceptors (Lipinski definition) is 5. The summed E-state index contributed by atoms with van der Waals surface area (Å²) in [6.45, 7) is 7.62. The summed E-state index contributed by atoms with van der Waals surface area (Å²) in [5, 5.41) is 0.668. The lowest BCUT2D eigenvalue weighted by molar-refractivity contribution is -0.137. The number of carbonyl (C=O) groups excluding carboxylic acids is 1. The maximum Gasteiger partial charge on any atom is 0.233 e. The van der Waals surface area contributed by atoms with E-state index in [1.54, 1.807) is 6.33 Å². The van der Waals surface area contributed by atoms with Crippen molar-refractivity contribution in [2.75, 3.05) is 37.6 Å². The maximum absolute atomic E-state index is 13.6. The van der Waals surface area contributed by atoms with E-state index < -0.39 is 5.41 Å². The molecule has 6 nitrogen and oxygen atoms in total. The van der Waals surface area contributed by atoms with Gasteiger partial charge in [0, 0.05) is 42.5 Å². The third-order valence-corrected chi connectivity index (χ3v) is 6.97. The van der Waals surface area contributed by atoms with Crippen LogP contribution in [0.3, 0.4) is 0 Å². The van der Waals surface area contributed by atoms with Crippen LogP contribution in [0.25, 0.3) is 0 Å². The van der Waals surface area contributed by atoms with Crippen LogP contribution in [0.1, 0.15) is 49.4 Å². The molecule has 2 aromatic rings. The first-order valence-electron chi connectivity index (χ1n) is 10.8. The summed E-state index contributed by atoms with van der Waals surface area (Å²) in [4.78, 5) is 27.0. The van der Waals surface area contributed by atoms with Gasteiger partial charge in [0.1, 0.15) is 12.1 Å². The zero-order valence-corrected chi connectivity index (χ0v) is 18.5. The standard InChI is InChI=1S/C23H30ClN5O/c1-16-3-8-19-20(16)21(27-15-26-19)28-11-13-29(14-12-28)22(30)23(2,9-10-25)17-4-6-18(24)7-5-17/h4-7,15-16H,3,8-14,25H2,1-2H3/t16-,23?/m1/s1.